The lowest BCUT2D eigenvalue weighted by molar-refractivity contribution is 0.516. The van der Waals surface area contributed by atoms with E-state index in [1.54, 1.807) is 0 Å². The van der Waals surface area contributed by atoms with Crippen molar-refractivity contribution in [2.75, 3.05) is 0 Å². The van der Waals surface area contributed by atoms with E-state index < -0.39 is 0 Å². The molecule has 1 rings (SSSR count). The van der Waals surface area contributed by atoms with Crippen LogP contribution < -0.4 is 5.32 Å². The summed E-state index contributed by atoms with van der Waals surface area (Å²) in [5, 5.41) is 3.50. The van der Waals surface area contributed by atoms with Crippen LogP contribution in [0.3, 0.4) is 0 Å². The third-order valence-corrected chi connectivity index (χ3v) is 1.88. The van der Waals surface area contributed by atoms with Gasteiger partial charge in [0.1, 0.15) is 0 Å². The summed E-state index contributed by atoms with van der Waals surface area (Å²) in [6, 6.07) is 1.27. The van der Waals surface area contributed by atoms with E-state index >= 15 is 0 Å². The number of nitrogens with one attached hydrogen (secondary N) is 1. The third kappa shape index (κ3) is 2.14. The van der Waals surface area contributed by atoms with E-state index in [4.69, 9.17) is 0 Å². The summed E-state index contributed by atoms with van der Waals surface area (Å²) in [6.45, 7) is 6.60. The first kappa shape index (κ1) is 7.80. The summed E-state index contributed by atoms with van der Waals surface area (Å²) in [5.74, 6) is 0. The van der Waals surface area contributed by atoms with Crippen molar-refractivity contribution in [3.63, 3.8) is 0 Å². The normalized spacial score (nSPS) is 25.6. The van der Waals surface area contributed by atoms with Gasteiger partial charge in [0.05, 0.1) is 0 Å². The van der Waals surface area contributed by atoms with E-state index in [2.05, 4.69) is 32.2 Å². The van der Waals surface area contributed by atoms with Gasteiger partial charge in [-0.05, 0) is 19.8 Å². The largest absolute Gasteiger partial charge is 0.308 e. The van der Waals surface area contributed by atoms with Crippen molar-refractivity contribution < 1.29 is 0 Å². The Hall–Kier alpha value is -0.300. The highest BCUT2D eigenvalue weighted by Gasteiger charge is 2.12. The smallest absolute Gasteiger partial charge is 0.0257 e. The van der Waals surface area contributed by atoms with Crippen LogP contribution in [0.25, 0.3) is 0 Å². The molecule has 0 aromatic carbocycles. The van der Waals surface area contributed by atoms with Crippen LogP contribution >= 0.6 is 0 Å². The van der Waals surface area contributed by atoms with Crippen LogP contribution in [0.15, 0.2) is 11.6 Å². The van der Waals surface area contributed by atoms with Gasteiger partial charge in [0.15, 0.2) is 0 Å². The SMILES string of the molecule is CC1=CC(NC(C)C)CC1. The topological polar surface area (TPSA) is 12.0 Å². The molecule has 58 valence electrons. The number of allylic oxidation sites excluding steroid dienone is 1. The highest BCUT2D eigenvalue weighted by atomic mass is 14.9. The van der Waals surface area contributed by atoms with Gasteiger partial charge in [-0.2, -0.15) is 0 Å². The second-order valence-corrected chi connectivity index (χ2v) is 3.48. The molecule has 1 unspecified atom stereocenters. The fourth-order valence-corrected chi connectivity index (χ4v) is 1.45. The van der Waals surface area contributed by atoms with Gasteiger partial charge in [0.2, 0.25) is 0 Å². The van der Waals surface area contributed by atoms with Gasteiger partial charge < -0.3 is 5.32 Å². The van der Waals surface area contributed by atoms with Crippen molar-refractivity contribution in [2.45, 2.75) is 45.7 Å². The lowest BCUT2D eigenvalue weighted by Crippen LogP contribution is -2.31. The van der Waals surface area contributed by atoms with Crippen molar-refractivity contribution in [2.24, 2.45) is 0 Å². The van der Waals surface area contributed by atoms with Crippen LogP contribution in [-0.4, -0.2) is 12.1 Å². The summed E-state index contributed by atoms with van der Waals surface area (Å²) >= 11 is 0. The van der Waals surface area contributed by atoms with Crippen molar-refractivity contribution >= 4 is 0 Å². The average Bonchev–Trinajstić information content (AvgIpc) is 2.13. The van der Waals surface area contributed by atoms with Crippen molar-refractivity contribution in [3.05, 3.63) is 11.6 Å². The summed E-state index contributed by atoms with van der Waals surface area (Å²) in [7, 11) is 0. The molecule has 0 aliphatic heterocycles. The van der Waals surface area contributed by atoms with Gasteiger partial charge in [0.25, 0.3) is 0 Å². The quantitative estimate of drug-likeness (QED) is 0.578. The van der Waals surface area contributed by atoms with Crippen molar-refractivity contribution in [1.29, 1.82) is 0 Å². The summed E-state index contributed by atoms with van der Waals surface area (Å²) in [6.07, 6.45) is 4.93. The molecular weight excluding hydrogens is 122 g/mol. The number of hydrogen-bond donors (Lipinski definition) is 1. The van der Waals surface area contributed by atoms with Crippen LogP contribution in [0.1, 0.15) is 33.6 Å². The Morgan fingerprint density at radius 2 is 2.30 bits per heavy atom. The second-order valence-electron chi connectivity index (χ2n) is 3.48. The summed E-state index contributed by atoms with van der Waals surface area (Å²) in [5.41, 5.74) is 1.54. The standard InChI is InChI=1S/C9H17N/c1-7(2)10-9-5-4-8(3)6-9/h6-7,9-10H,4-5H2,1-3H3. The molecule has 0 bridgehead atoms. The Kier molecular flexibility index (Phi) is 2.50. The zero-order chi connectivity index (χ0) is 7.56. The zero-order valence-corrected chi connectivity index (χ0v) is 7.15. The van der Waals surface area contributed by atoms with Gasteiger partial charge in [-0.3, -0.25) is 0 Å². The van der Waals surface area contributed by atoms with Crippen LogP contribution in [0.2, 0.25) is 0 Å². The molecule has 0 aromatic heterocycles. The van der Waals surface area contributed by atoms with E-state index in [9.17, 15) is 0 Å². The molecule has 1 aliphatic carbocycles. The first-order chi connectivity index (χ1) is 4.68. The molecular formula is C9H17N. The third-order valence-electron chi connectivity index (χ3n) is 1.88. The van der Waals surface area contributed by atoms with Gasteiger partial charge in [-0.1, -0.05) is 25.5 Å². The maximum atomic E-state index is 3.50. The molecule has 0 saturated carbocycles. The van der Waals surface area contributed by atoms with Crippen LogP contribution in [0, 0.1) is 0 Å². The minimum Gasteiger partial charge on any atom is -0.308 e. The molecule has 1 heteroatoms. The molecule has 1 nitrogen and oxygen atoms in total. The Labute approximate surface area is 63.5 Å². The minimum absolute atomic E-state index is 0.618. The molecule has 10 heavy (non-hydrogen) atoms. The Balaban J connectivity index is 2.31. The van der Waals surface area contributed by atoms with E-state index in [0.717, 1.165) is 0 Å². The van der Waals surface area contributed by atoms with Crippen LogP contribution in [0.4, 0.5) is 0 Å². The molecule has 0 saturated heterocycles. The monoisotopic (exact) mass is 139 g/mol. The van der Waals surface area contributed by atoms with Crippen LogP contribution in [-0.2, 0) is 0 Å². The van der Waals surface area contributed by atoms with Gasteiger partial charge >= 0.3 is 0 Å². The van der Waals surface area contributed by atoms with Gasteiger partial charge in [-0.15, -0.1) is 0 Å². The highest BCUT2D eigenvalue weighted by molar-refractivity contribution is 5.11. The summed E-state index contributed by atoms with van der Waals surface area (Å²) < 4.78 is 0. The van der Waals surface area contributed by atoms with Crippen molar-refractivity contribution in [1.82, 2.24) is 5.32 Å². The highest BCUT2D eigenvalue weighted by Crippen LogP contribution is 2.17. The molecule has 0 spiro atoms. The lowest BCUT2D eigenvalue weighted by atomic mass is 10.2. The minimum atomic E-state index is 0.618. The molecule has 0 amide bonds. The summed E-state index contributed by atoms with van der Waals surface area (Å²) in [4.78, 5) is 0. The molecule has 0 heterocycles. The molecule has 0 fully saturated rings. The van der Waals surface area contributed by atoms with E-state index in [1.807, 2.05) is 0 Å². The molecule has 1 N–H and O–H groups in total. The van der Waals surface area contributed by atoms with Gasteiger partial charge in [0, 0.05) is 12.1 Å². The maximum absolute atomic E-state index is 3.50. The Morgan fingerprint density at radius 1 is 1.60 bits per heavy atom. The van der Waals surface area contributed by atoms with E-state index in [0.29, 0.717) is 12.1 Å². The first-order valence-electron chi connectivity index (χ1n) is 4.12. The Bertz CT molecular complexity index is 136. The first-order valence-corrected chi connectivity index (χ1v) is 4.12. The Morgan fingerprint density at radius 3 is 2.70 bits per heavy atom. The molecule has 0 aromatic rings. The van der Waals surface area contributed by atoms with Crippen molar-refractivity contribution in [3.8, 4) is 0 Å². The van der Waals surface area contributed by atoms with E-state index in [1.165, 1.54) is 18.4 Å². The van der Waals surface area contributed by atoms with Gasteiger partial charge in [-0.25, -0.2) is 0 Å². The lowest BCUT2D eigenvalue weighted by Gasteiger charge is -2.12. The predicted octanol–water partition coefficient (Wildman–Crippen LogP) is 2.09. The fourth-order valence-electron chi connectivity index (χ4n) is 1.45. The second kappa shape index (κ2) is 3.20. The zero-order valence-electron chi connectivity index (χ0n) is 7.15. The van der Waals surface area contributed by atoms with Crippen LogP contribution in [0.5, 0.6) is 0 Å². The molecule has 1 aliphatic rings. The fraction of sp³-hybridized carbons (Fsp3) is 0.778. The number of hydrogen-bond acceptors (Lipinski definition) is 1. The average molecular weight is 139 g/mol. The predicted molar refractivity (Wildman–Crippen MR) is 45.1 cm³/mol. The number of rotatable bonds is 2. The maximum Gasteiger partial charge on any atom is 0.0257 e. The molecule has 1 atom stereocenters. The molecule has 0 radical (unpaired) electrons. The van der Waals surface area contributed by atoms with E-state index in [-0.39, 0.29) is 0 Å².